The number of esters is 1. The Balaban J connectivity index is 0.00000312. The number of carbonyl (C=O) groups is 1. The number of halogens is 1. The summed E-state index contributed by atoms with van der Waals surface area (Å²) in [5.41, 5.74) is 1.20. The van der Waals surface area contributed by atoms with Crippen molar-refractivity contribution in [3.05, 3.63) is 16.1 Å². The number of hydrogen-bond acceptors (Lipinski definition) is 5. The fourth-order valence-electron chi connectivity index (χ4n) is 2.72. The van der Waals surface area contributed by atoms with E-state index >= 15 is 0 Å². The third kappa shape index (κ3) is 6.09. The molecule has 6 nitrogen and oxygen atoms in total. The Morgan fingerprint density at radius 2 is 2.08 bits per heavy atom. The molecule has 1 aromatic rings. The van der Waals surface area contributed by atoms with Gasteiger partial charge in [0.15, 0.2) is 5.96 Å². The number of methoxy groups -OCH3 is 1. The second-order valence-corrected chi connectivity index (χ2v) is 8.00. The smallest absolute Gasteiger partial charge is 0.308 e. The second-order valence-electron chi connectivity index (χ2n) is 7.06. The van der Waals surface area contributed by atoms with Crippen molar-refractivity contribution >= 4 is 47.2 Å². The highest BCUT2D eigenvalue weighted by atomic mass is 127. The van der Waals surface area contributed by atoms with Crippen LogP contribution in [-0.4, -0.2) is 49.1 Å². The molecule has 0 saturated carbocycles. The van der Waals surface area contributed by atoms with Gasteiger partial charge in [-0.05, 0) is 12.8 Å². The molecular weight excluding hydrogens is 451 g/mol. The average molecular weight is 480 g/mol. The molecule has 1 aliphatic heterocycles. The first-order valence-corrected chi connectivity index (χ1v) is 9.21. The van der Waals surface area contributed by atoms with E-state index in [0.29, 0.717) is 6.54 Å². The van der Waals surface area contributed by atoms with E-state index in [2.05, 4.69) is 41.4 Å². The summed E-state index contributed by atoms with van der Waals surface area (Å²) >= 11 is 1.67. The molecule has 25 heavy (non-hydrogen) atoms. The van der Waals surface area contributed by atoms with E-state index in [9.17, 15) is 4.79 Å². The maximum Gasteiger partial charge on any atom is 0.308 e. The minimum atomic E-state index is -0.102. The van der Waals surface area contributed by atoms with Gasteiger partial charge in [0.1, 0.15) is 5.01 Å². The number of aliphatic imine (C=N–C) groups is 1. The summed E-state index contributed by atoms with van der Waals surface area (Å²) in [4.78, 5) is 22.9. The lowest BCUT2D eigenvalue weighted by Gasteiger charge is -2.33. The molecule has 1 N–H and O–H groups in total. The molecule has 1 fully saturated rings. The first-order chi connectivity index (χ1) is 11.3. The highest BCUT2D eigenvalue weighted by molar-refractivity contribution is 14.0. The van der Waals surface area contributed by atoms with Crippen molar-refractivity contribution < 1.29 is 9.53 Å². The molecule has 1 aromatic heterocycles. The van der Waals surface area contributed by atoms with E-state index in [1.807, 2.05) is 0 Å². The van der Waals surface area contributed by atoms with Gasteiger partial charge in [-0.1, -0.05) is 20.8 Å². The lowest BCUT2D eigenvalue weighted by Crippen LogP contribution is -2.46. The Kier molecular flexibility index (Phi) is 8.59. The summed E-state index contributed by atoms with van der Waals surface area (Å²) in [5.74, 6) is 0.776. The summed E-state index contributed by atoms with van der Waals surface area (Å²) in [6.45, 7) is 8.80. The number of hydrogen-bond donors (Lipinski definition) is 1. The number of thiazole rings is 1. The number of likely N-dealkylation sites (tertiary alicyclic amines) is 1. The molecule has 0 aromatic carbocycles. The highest BCUT2D eigenvalue weighted by Gasteiger charge is 2.27. The van der Waals surface area contributed by atoms with Crippen molar-refractivity contribution in [3.63, 3.8) is 0 Å². The molecule has 0 radical (unpaired) electrons. The van der Waals surface area contributed by atoms with Gasteiger partial charge in [-0.3, -0.25) is 9.79 Å². The van der Waals surface area contributed by atoms with Crippen LogP contribution in [0, 0.1) is 5.92 Å². The zero-order valence-electron chi connectivity index (χ0n) is 15.7. The quantitative estimate of drug-likeness (QED) is 0.312. The van der Waals surface area contributed by atoms with E-state index in [0.717, 1.165) is 42.6 Å². The van der Waals surface area contributed by atoms with Crippen LogP contribution >= 0.6 is 35.3 Å². The molecule has 0 bridgehead atoms. The van der Waals surface area contributed by atoms with Crippen LogP contribution < -0.4 is 5.32 Å². The molecule has 142 valence electrons. The molecule has 2 rings (SSSR count). The van der Waals surface area contributed by atoms with Crippen LogP contribution in [0.1, 0.15) is 44.3 Å². The fraction of sp³-hybridized carbons (Fsp3) is 0.706. The molecule has 2 heterocycles. The molecule has 0 atom stereocenters. The SMILES string of the molecule is CN=C(NCc1nc(C(C)(C)C)cs1)N1CCC(C(=O)OC)CC1.I. The molecule has 1 saturated heterocycles. The maximum atomic E-state index is 11.6. The molecular formula is C17H29IN4O2S. The predicted molar refractivity (Wildman–Crippen MR) is 113 cm³/mol. The van der Waals surface area contributed by atoms with Crippen LogP contribution in [0.4, 0.5) is 0 Å². The van der Waals surface area contributed by atoms with Gasteiger partial charge in [0.25, 0.3) is 0 Å². The number of nitrogens with zero attached hydrogens (tertiary/aromatic N) is 3. The number of rotatable bonds is 3. The summed E-state index contributed by atoms with van der Waals surface area (Å²) in [5, 5.41) is 6.57. The minimum absolute atomic E-state index is 0. The molecule has 1 aliphatic rings. The largest absolute Gasteiger partial charge is 0.469 e. The van der Waals surface area contributed by atoms with E-state index in [4.69, 9.17) is 9.72 Å². The third-order valence-corrected chi connectivity index (χ3v) is 5.11. The van der Waals surface area contributed by atoms with E-state index in [-0.39, 0.29) is 41.3 Å². The third-order valence-electron chi connectivity index (χ3n) is 4.26. The number of carbonyl (C=O) groups excluding carboxylic acids is 1. The summed E-state index contributed by atoms with van der Waals surface area (Å²) in [6, 6.07) is 0. The number of aromatic nitrogens is 1. The standard InChI is InChI=1S/C17H28N4O2S.HI/c1-17(2,3)13-11-24-14(20-13)10-19-16(18-4)21-8-6-12(7-9-21)15(22)23-5;/h11-12H,6-10H2,1-5H3,(H,18,19);1H. The summed E-state index contributed by atoms with van der Waals surface area (Å²) < 4.78 is 4.84. The molecule has 0 aliphatic carbocycles. The van der Waals surface area contributed by atoms with E-state index in [1.54, 1.807) is 18.4 Å². The monoisotopic (exact) mass is 480 g/mol. The average Bonchev–Trinajstić information content (AvgIpc) is 3.04. The Hall–Kier alpha value is -0.900. The van der Waals surface area contributed by atoms with Gasteiger partial charge in [-0.25, -0.2) is 4.98 Å². The molecule has 8 heteroatoms. The molecule has 0 spiro atoms. The fourth-order valence-corrected chi connectivity index (χ4v) is 3.68. The minimum Gasteiger partial charge on any atom is -0.469 e. The normalized spacial score (nSPS) is 16.4. The Morgan fingerprint density at radius 1 is 1.44 bits per heavy atom. The van der Waals surface area contributed by atoms with Crippen LogP contribution in [0.2, 0.25) is 0 Å². The zero-order chi connectivity index (χ0) is 17.7. The van der Waals surface area contributed by atoms with Crippen molar-refractivity contribution in [2.75, 3.05) is 27.2 Å². The van der Waals surface area contributed by atoms with Crippen LogP contribution in [-0.2, 0) is 21.5 Å². The summed E-state index contributed by atoms with van der Waals surface area (Å²) in [7, 11) is 3.24. The first-order valence-electron chi connectivity index (χ1n) is 8.33. The lowest BCUT2D eigenvalue weighted by molar-refractivity contribution is -0.146. The van der Waals surface area contributed by atoms with Crippen LogP contribution in [0.5, 0.6) is 0 Å². The van der Waals surface area contributed by atoms with Gasteiger partial charge in [0.05, 0.1) is 25.3 Å². The van der Waals surface area contributed by atoms with E-state index in [1.165, 1.54) is 7.11 Å². The maximum absolute atomic E-state index is 11.6. The molecule has 0 unspecified atom stereocenters. The zero-order valence-corrected chi connectivity index (χ0v) is 18.8. The number of nitrogens with one attached hydrogen (secondary N) is 1. The van der Waals surface area contributed by atoms with Gasteiger partial charge in [-0.2, -0.15) is 0 Å². The van der Waals surface area contributed by atoms with Crippen molar-refractivity contribution in [3.8, 4) is 0 Å². The van der Waals surface area contributed by atoms with Crippen molar-refractivity contribution in [1.82, 2.24) is 15.2 Å². The number of ether oxygens (including phenoxy) is 1. The first kappa shape index (κ1) is 22.1. The summed E-state index contributed by atoms with van der Waals surface area (Å²) in [6.07, 6.45) is 1.61. The van der Waals surface area contributed by atoms with Crippen LogP contribution in [0.25, 0.3) is 0 Å². The van der Waals surface area contributed by atoms with Gasteiger partial charge >= 0.3 is 5.97 Å². The predicted octanol–water partition coefficient (Wildman–Crippen LogP) is 3.02. The lowest BCUT2D eigenvalue weighted by atomic mass is 9.93. The van der Waals surface area contributed by atoms with Crippen molar-refractivity contribution in [1.29, 1.82) is 0 Å². The Bertz CT molecular complexity index is 590. The number of piperidine rings is 1. The Morgan fingerprint density at radius 3 is 2.56 bits per heavy atom. The highest BCUT2D eigenvalue weighted by Crippen LogP contribution is 2.24. The van der Waals surface area contributed by atoms with Crippen LogP contribution in [0.15, 0.2) is 10.4 Å². The Labute approximate surface area is 171 Å². The number of guanidine groups is 1. The van der Waals surface area contributed by atoms with Gasteiger partial charge in [-0.15, -0.1) is 35.3 Å². The van der Waals surface area contributed by atoms with Gasteiger partial charge in [0, 0.05) is 30.9 Å². The van der Waals surface area contributed by atoms with Crippen molar-refractivity contribution in [2.24, 2.45) is 10.9 Å². The van der Waals surface area contributed by atoms with Gasteiger partial charge < -0.3 is 15.0 Å². The second kappa shape index (κ2) is 9.70. The van der Waals surface area contributed by atoms with Gasteiger partial charge in [0.2, 0.25) is 0 Å². The van der Waals surface area contributed by atoms with Crippen LogP contribution in [0.3, 0.4) is 0 Å². The van der Waals surface area contributed by atoms with Crippen molar-refractivity contribution in [2.45, 2.75) is 45.6 Å². The topological polar surface area (TPSA) is 66.8 Å². The molecule has 0 amide bonds. The van der Waals surface area contributed by atoms with E-state index < -0.39 is 0 Å².